The third-order valence-electron chi connectivity index (χ3n) is 5.76. The van der Waals surface area contributed by atoms with Gasteiger partial charge in [-0.2, -0.15) is 0 Å². The van der Waals surface area contributed by atoms with Crippen LogP contribution in [0.5, 0.6) is 5.88 Å². The van der Waals surface area contributed by atoms with E-state index in [0.717, 1.165) is 47.2 Å². The molecule has 0 fully saturated rings. The average molecular weight is 412 g/mol. The van der Waals surface area contributed by atoms with Crippen LogP contribution in [0.1, 0.15) is 22.3 Å². The predicted molar refractivity (Wildman–Crippen MR) is 121 cm³/mol. The summed E-state index contributed by atoms with van der Waals surface area (Å²) in [5.41, 5.74) is 13.8. The standard InChI is InChI=1S/C24H24N6O/c1-15-7-18(9-19-12-30(2)6-5-20(15)19)22-11-27-23(25)24(29-22)31-13-16-3-4-17-10-26-14-28-21(17)8-16/h3-4,7-11,14H,5-6,12-13H2,1-2H3,(H2,25,27). The number of nitrogens with two attached hydrogens (primary N) is 1. The largest absolute Gasteiger partial charge is 0.470 e. The molecule has 31 heavy (non-hydrogen) atoms. The molecular formula is C24H24N6O. The summed E-state index contributed by atoms with van der Waals surface area (Å²) in [7, 11) is 2.15. The van der Waals surface area contributed by atoms with Gasteiger partial charge in [0, 0.05) is 30.2 Å². The van der Waals surface area contributed by atoms with E-state index >= 15 is 0 Å². The molecule has 3 heterocycles. The van der Waals surface area contributed by atoms with E-state index in [1.165, 1.54) is 23.0 Å². The molecule has 0 radical (unpaired) electrons. The number of nitrogens with zero attached hydrogens (tertiary/aromatic N) is 5. The molecule has 4 aromatic rings. The number of anilines is 1. The average Bonchev–Trinajstić information content (AvgIpc) is 2.78. The summed E-state index contributed by atoms with van der Waals surface area (Å²) in [6.07, 6.45) is 6.12. The van der Waals surface area contributed by atoms with Crippen molar-refractivity contribution in [3.8, 4) is 17.1 Å². The molecule has 2 N–H and O–H groups in total. The van der Waals surface area contributed by atoms with Crippen molar-refractivity contribution in [1.82, 2.24) is 24.8 Å². The Kier molecular flexibility index (Phi) is 4.95. The predicted octanol–water partition coefficient (Wildman–Crippen LogP) is 3.54. The van der Waals surface area contributed by atoms with Crippen LogP contribution < -0.4 is 10.5 Å². The number of fused-ring (bicyclic) bond motifs is 2. The number of aromatic nitrogens is 4. The van der Waals surface area contributed by atoms with E-state index in [0.29, 0.717) is 12.5 Å². The third-order valence-corrected chi connectivity index (χ3v) is 5.76. The first-order valence-corrected chi connectivity index (χ1v) is 10.3. The normalized spacial score (nSPS) is 13.9. The number of hydrogen-bond acceptors (Lipinski definition) is 7. The Hall–Kier alpha value is -3.58. The van der Waals surface area contributed by atoms with Crippen LogP contribution in [0.2, 0.25) is 0 Å². The van der Waals surface area contributed by atoms with Crippen LogP contribution in [0.4, 0.5) is 5.82 Å². The molecule has 1 aliphatic heterocycles. The van der Waals surface area contributed by atoms with E-state index in [1.807, 2.05) is 18.2 Å². The monoisotopic (exact) mass is 412 g/mol. The van der Waals surface area contributed by atoms with E-state index in [1.54, 1.807) is 12.4 Å². The third kappa shape index (κ3) is 3.92. The molecule has 0 aliphatic carbocycles. The number of benzene rings is 2. The fourth-order valence-electron chi connectivity index (χ4n) is 4.10. The van der Waals surface area contributed by atoms with Gasteiger partial charge in [-0.05, 0) is 60.8 Å². The minimum absolute atomic E-state index is 0.279. The van der Waals surface area contributed by atoms with Crippen molar-refractivity contribution < 1.29 is 4.74 Å². The van der Waals surface area contributed by atoms with Crippen LogP contribution in [0.25, 0.3) is 22.2 Å². The molecule has 7 nitrogen and oxygen atoms in total. The van der Waals surface area contributed by atoms with Gasteiger partial charge in [-0.1, -0.05) is 12.1 Å². The highest BCUT2D eigenvalue weighted by Crippen LogP contribution is 2.30. The minimum Gasteiger partial charge on any atom is -0.470 e. The lowest BCUT2D eigenvalue weighted by Crippen LogP contribution is -2.27. The number of hydrogen-bond donors (Lipinski definition) is 1. The minimum atomic E-state index is 0.279. The van der Waals surface area contributed by atoms with Crippen molar-refractivity contribution in [3.05, 3.63) is 71.3 Å². The maximum Gasteiger partial charge on any atom is 0.258 e. The fourth-order valence-corrected chi connectivity index (χ4v) is 4.10. The number of aryl methyl sites for hydroxylation is 1. The highest BCUT2D eigenvalue weighted by molar-refractivity contribution is 5.77. The van der Waals surface area contributed by atoms with E-state index < -0.39 is 0 Å². The van der Waals surface area contributed by atoms with Gasteiger partial charge in [0.05, 0.1) is 17.4 Å². The summed E-state index contributed by atoms with van der Waals surface area (Å²) < 4.78 is 5.94. The molecule has 0 saturated carbocycles. The SMILES string of the molecule is Cc1cc(-c2cnc(N)c(OCc3ccc4cncnc4c3)n2)cc2c1CCN(C)C2. The number of ether oxygens (including phenoxy) is 1. The first-order chi connectivity index (χ1) is 15.1. The fraction of sp³-hybridized carbons (Fsp3) is 0.250. The molecule has 7 heteroatoms. The van der Waals surface area contributed by atoms with Crippen molar-refractivity contribution in [2.24, 2.45) is 0 Å². The van der Waals surface area contributed by atoms with Gasteiger partial charge < -0.3 is 15.4 Å². The zero-order valence-corrected chi connectivity index (χ0v) is 17.7. The van der Waals surface area contributed by atoms with Crippen molar-refractivity contribution in [3.63, 3.8) is 0 Å². The molecule has 5 rings (SSSR count). The van der Waals surface area contributed by atoms with Gasteiger partial charge in [0.2, 0.25) is 0 Å². The zero-order valence-electron chi connectivity index (χ0n) is 17.7. The Bertz CT molecular complexity index is 1270. The Morgan fingerprint density at radius 1 is 1.13 bits per heavy atom. The number of nitrogen functional groups attached to an aromatic ring is 1. The summed E-state index contributed by atoms with van der Waals surface area (Å²) in [6.45, 7) is 4.53. The molecule has 0 bridgehead atoms. The lowest BCUT2D eigenvalue weighted by molar-refractivity contribution is 0.295. The molecule has 156 valence electrons. The Balaban J connectivity index is 1.41. The smallest absolute Gasteiger partial charge is 0.258 e. The summed E-state index contributed by atoms with van der Waals surface area (Å²) in [4.78, 5) is 19.7. The highest BCUT2D eigenvalue weighted by atomic mass is 16.5. The van der Waals surface area contributed by atoms with E-state index in [-0.39, 0.29) is 5.82 Å². The lowest BCUT2D eigenvalue weighted by Gasteiger charge is -2.27. The van der Waals surface area contributed by atoms with Crippen LogP contribution in [0, 0.1) is 6.92 Å². The Morgan fingerprint density at radius 2 is 2.03 bits per heavy atom. The summed E-state index contributed by atoms with van der Waals surface area (Å²) in [6, 6.07) is 10.3. The van der Waals surface area contributed by atoms with Gasteiger partial charge in [0.15, 0.2) is 5.82 Å². The van der Waals surface area contributed by atoms with Crippen molar-refractivity contribution in [2.75, 3.05) is 19.3 Å². The van der Waals surface area contributed by atoms with E-state index in [4.69, 9.17) is 10.5 Å². The molecule has 0 saturated heterocycles. The Morgan fingerprint density at radius 3 is 2.94 bits per heavy atom. The molecule has 2 aromatic heterocycles. The summed E-state index contributed by atoms with van der Waals surface area (Å²) in [5.74, 6) is 0.619. The van der Waals surface area contributed by atoms with Crippen LogP contribution in [0.3, 0.4) is 0 Å². The van der Waals surface area contributed by atoms with E-state index in [2.05, 4.69) is 50.9 Å². The summed E-state index contributed by atoms with van der Waals surface area (Å²) >= 11 is 0. The van der Waals surface area contributed by atoms with Gasteiger partial charge in [-0.25, -0.2) is 19.9 Å². The van der Waals surface area contributed by atoms with Crippen molar-refractivity contribution >= 4 is 16.7 Å². The lowest BCUT2D eigenvalue weighted by atomic mass is 9.92. The molecule has 0 amide bonds. The van der Waals surface area contributed by atoms with Gasteiger partial charge in [-0.15, -0.1) is 0 Å². The van der Waals surface area contributed by atoms with Crippen LogP contribution >= 0.6 is 0 Å². The summed E-state index contributed by atoms with van der Waals surface area (Å²) in [5, 5.41) is 0.987. The first kappa shape index (κ1) is 19.4. The van der Waals surface area contributed by atoms with Crippen LogP contribution in [-0.4, -0.2) is 38.4 Å². The van der Waals surface area contributed by atoms with Gasteiger partial charge in [-0.3, -0.25) is 0 Å². The second kappa shape index (κ2) is 7.92. The maximum atomic E-state index is 6.06. The first-order valence-electron chi connectivity index (χ1n) is 10.3. The zero-order chi connectivity index (χ0) is 21.4. The number of likely N-dealkylation sites (N-methyl/N-ethyl adjacent to an activating group) is 1. The number of rotatable bonds is 4. The van der Waals surface area contributed by atoms with E-state index in [9.17, 15) is 0 Å². The molecule has 0 atom stereocenters. The topological polar surface area (TPSA) is 90.0 Å². The Labute approximate surface area is 181 Å². The van der Waals surface area contributed by atoms with Crippen molar-refractivity contribution in [1.29, 1.82) is 0 Å². The maximum absolute atomic E-state index is 6.06. The second-order valence-electron chi connectivity index (χ2n) is 8.07. The second-order valence-corrected chi connectivity index (χ2v) is 8.07. The molecule has 0 unspecified atom stereocenters. The van der Waals surface area contributed by atoms with Gasteiger partial charge in [0.1, 0.15) is 12.9 Å². The van der Waals surface area contributed by atoms with Crippen LogP contribution in [0.15, 0.2) is 49.1 Å². The van der Waals surface area contributed by atoms with Crippen molar-refractivity contribution in [2.45, 2.75) is 26.5 Å². The highest BCUT2D eigenvalue weighted by Gasteiger charge is 2.17. The molecule has 1 aliphatic rings. The molecule has 2 aromatic carbocycles. The molecular weight excluding hydrogens is 388 g/mol. The van der Waals surface area contributed by atoms with Gasteiger partial charge in [0.25, 0.3) is 5.88 Å². The van der Waals surface area contributed by atoms with Crippen LogP contribution in [-0.2, 0) is 19.6 Å². The van der Waals surface area contributed by atoms with Gasteiger partial charge >= 0.3 is 0 Å². The quantitative estimate of drug-likeness (QED) is 0.548. The molecule has 0 spiro atoms.